The maximum absolute atomic E-state index is 2.75. The zero-order chi connectivity index (χ0) is 34.1. The number of rotatable bonds is 12. The van der Waals surface area contributed by atoms with E-state index in [2.05, 4.69) is 164 Å². The normalized spacial score (nSPS) is 14.8. The minimum atomic E-state index is -2.75. The predicted molar refractivity (Wildman–Crippen MR) is 209 cm³/mol. The third kappa shape index (κ3) is 7.25. The third-order valence-electron chi connectivity index (χ3n) is 10.8. The SMILES string of the molecule is CCC(C)C1=CCC([Si](c2cc(C(C)C)cc(C(C)C)c2)(c2cc(C(C)C)cc(C(C)C)c2)c2cc(C(C)C)cc(C(C)C)c2)=C1. The summed E-state index contributed by atoms with van der Waals surface area (Å²) < 4.78 is 0. The van der Waals surface area contributed by atoms with E-state index in [1.54, 1.807) is 20.8 Å². The number of hydrogen-bond donors (Lipinski definition) is 0. The second-order valence-corrected chi connectivity index (χ2v) is 20.1. The molecule has 248 valence electrons. The van der Waals surface area contributed by atoms with Crippen LogP contribution in [-0.4, -0.2) is 8.07 Å². The fourth-order valence-corrected chi connectivity index (χ4v) is 12.3. The van der Waals surface area contributed by atoms with Crippen LogP contribution in [0.2, 0.25) is 0 Å². The van der Waals surface area contributed by atoms with E-state index in [1.807, 2.05) is 0 Å². The highest BCUT2D eigenvalue weighted by Gasteiger charge is 2.45. The first kappa shape index (κ1) is 36.2. The fraction of sp³-hybridized carbons (Fsp3) is 0.511. The molecule has 3 aromatic carbocycles. The summed E-state index contributed by atoms with van der Waals surface area (Å²) >= 11 is 0. The van der Waals surface area contributed by atoms with E-state index >= 15 is 0 Å². The van der Waals surface area contributed by atoms with Crippen LogP contribution < -0.4 is 15.6 Å². The second kappa shape index (κ2) is 14.6. The molecule has 0 aliphatic heterocycles. The van der Waals surface area contributed by atoms with Crippen LogP contribution in [0, 0.1) is 5.92 Å². The van der Waals surface area contributed by atoms with Gasteiger partial charge in [-0.05, 0) is 109 Å². The van der Waals surface area contributed by atoms with Gasteiger partial charge in [0.25, 0.3) is 0 Å². The summed E-state index contributed by atoms with van der Waals surface area (Å²) in [6.45, 7) is 33.2. The standard InChI is InChI=1S/C45H64Si/c1-15-34(14)35-16-17-42(21-35)46(43-22-36(28(2)3)18-37(23-43)29(4)5,44-24-38(30(6)7)19-39(25-44)31(8)9)45-26-40(32(10)11)20-41(27-45)33(12)13/h16,18-34H,15,17H2,1-14H3. The Bertz CT molecular complexity index is 1340. The van der Waals surface area contributed by atoms with Crippen molar-refractivity contribution in [3.63, 3.8) is 0 Å². The molecule has 0 spiro atoms. The van der Waals surface area contributed by atoms with Crippen molar-refractivity contribution in [2.45, 2.75) is 145 Å². The minimum Gasteiger partial charge on any atom is -0.0773 e. The summed E-state index contributed by atoms with van der Waals surface area (Å²) in [4.78, 5) is 0. The minimum absolute atomic E-state index is 0.469. The van der Waals surface area contributed by atoms with E-state index in [0.29, 0.717) is 41.4 Å². The summed E-state index contributed by atoms with van der Waals surface area (Å²) in [5, 5.41) is 6.36. The van der Waals surface area contributed by atoms with Gasteiger partial charge >= 0.3 is 0 Å². The molecule has 0 fully saturated rings. The van der Waals surface area contributed by atoms with Crippen LogP contribution in [0.5, 0.6) is 0 Å². The lowest BCUT2D eigenvalue weighted by Crippen LogP contribution is -2.69. The van der Waals surface area contributed by atoms with Crippen LogP contribution >= 0.6 is 0 Å². The van der Waals surface area contributed by atoms with E-state index in [1.165, 1.54) is 45.4 Å². The summed E-state index contributed by atoms with van der Waals surface area (Å²) in [6.07, 6.45) is 7.46. The molecule has 0 saturated carbocycles. The lowest BCUT2D eigenvalue weighted by atomic mass is 9.95. The van der Waals surface area contributed by atoms with Gasteiger partial charge in [-0.1, -0.05) is 169 Å². The number of allylic oxidation sites excluding steroid dienone is 4. The summed E-state index contributed by atoms with van der Waals surface area (Å²) in [5.41, 5.74) is 10.4. The first-order valence-corrected chi connectivity index (χ1v) is 20.5. The average Bonchev–Trinajstić information content (AvgIpc) is 3.51. The Hall–Kier alpha value is -2.64. The van der Waals surface area contributed by atoms with Gasteiger partial charge in [0.1, 0.15) is 0 Å². The fourth-order valence-electron chi connectivity index (χ4n) is 7.12. The Balaban J connectivity index is 2.32. The maximum Gasteiger partial charge on any atom is 0.176 e. The molecule has 0 amide bonds. The zero-order valence-corrected chi connectivity index (χ0v) is 32.8. The van der Waals surface area contributed by atoms with Crippen LogP contribution in [0.4, 0.5) is 0 Å². The molecule has 0 bridgehead atoms. The van der Waals surface area contributed by atoms with Gasteiger partial charge in [-0.3, -0.25) is 0 Å². The first-order chi connectivity index (χ1) is 21.6. The number of hydrogen-bond acceptors (Lipinski definition) is 0. The molecule has 0 aromatic heterocycles. The van der Waals surface area contributed by atoms with Crippen molar-refractivity contribution in [3.8, 4) is 0 Å². The molecule has 0 radical (unpaired) electrons. The highest BCUT2D eigenvalue weighted by molar-refractivity contribution is 7.16. The van der Waals surface area contributed by atoms with Crippen LogP contribution in [0.3, 0.4) is 0 Å². The molecule has 3 aromatic rings. The van der Waals surface area contributed by atoms with Crippen molar-refractivity contribution in [3.05, 3.63) is 111 Å². The van der Waals surface area contributed by atoms with Crippen LogP contribution in [-0.2, 0) is 0 Å². The van der Waals surface area contributed by atoms with E-state index in [4.69, 9.17) is 0 Å². The van der Waals surface area contributed by atoms with Gasteiger partial charge in [0, 0.05) is 0 Å². The van der Waals surface area contributed by atoms with Crippen molar-refractivity contribution in [1.82, 2.24) is 0 Å². The van der Waals surface area contributed by atoms with Gasteiger partial charge in [-0.2, -0.15) is 0 Å². The lowest BCUT2D eigenvalue weighted by Gasteiger charge is -2.38. The predicted octanol–water partition coefficient (Wildman–Crippen LogP) is 11.7. The van der Waals surface area contributed by atoms with Gasteiger partial charge in [0.15, 0.2) is 8.07 Å². The van der Waals surface area contributed by atoms with Crippen molar-refractivity contribution < 1.29 is 0 Å². The third-order valence-corrected chi connectivity index (χ3v) is 15.6. The largest absolute Gasteiger partial charge is 0.176 e. The van der Waals surface area contributed by atoms with Crippen LogP contribution in [0.15, 0.2) is 77.5 Å². The molecule has 0 N–H and O–H groups in total. The molecule has 1 aliphatic carbocycles. The molecule has 0 saturated heterocycles. The highest BCUT2D eigenvalue weighted by Crippen LogP contribution is 2.35. The molecule has 1 aliphatic rings. The highest BCUT2D eigenvalue weighted by atomic mass is 28.3. The maximum atomic E-state index is 2.67. The van der Waals surface area contributed by atoms with Crippen molar-refractivity contribution in [1.29, 1.82) is 0 Å². The lowest BCUT2D eigenvalue weighted by molar-refractivity contribution is 0.671. The summed E-state index contributed by atoms with van der Waals surface area (Å²) in [6, 6.07) is 23.3. The molecular formula is C45H64Si. The van der Waals surface area contributed by atoms with Crippen LogP contribution in [0.1, 0.15) is 179 Å². The van der Waals surface area contributed by atoms with E-state index < -0.39 is 8.07 Å². The Morgan fingerprint density at radius 2 is 0.739 bits per heavy atom. The van der Waals surface area contributed by atoms with Crippen molar-refractivity contribution in [2.75, 3.05) is 0 Å². The van der Waals surface area contributed by atoms with Gasteiger partial charge in [0.2, 0.25) is 0 Å². The second-order valence-electron chi connectivity index (χ2n) is 16.2. The molecule has 1 heteroatoms. The van der Waals surface area contributed by atoms with Crippen molar-refractivity contribution in [2.24, 2.45) is 5.92 Å². The molecule has 0 nitrogen and oxygen atoms in total. The van der Waals surface area contributed by atoms with E-state index in [9.17, 15) is 0 Å². The first-order valence-electron chi connectivity index (χ1n) is 18.5. The Labute approximate surface area is 284 Å². The molecule has 46 heavy (non-hydrogen) atoms. The van der Waals surface area contributed by atoms with Crippen LogP contribution in [0.25, 0.3) is 0 Å². The summed E-state index contributed by atoms with van der Waals surface area (Å²) in [5.74, 6) is 3.38. The van der Waals surface area contributed by atoms with E-state index in [-0.39, 0.29) is 0 Å². The Morgan fingerprint density at radius 1 is 0.457 bits per heavy atom. The summed E-state index contributed by atoms with van der Waals surface area (Å²) in [7, 11) is -2.75. The molecular weight excluding hydrogens is 569 g/mol. The molecule has 4 rings (SSSR count). The van der Waals surface area contributed by atoms with Gasteiger partial charge in [-0.15, -0.1) is 0 Å². The zero-order valence-electron chi connectivity index (χ0n) is 31.8. The average molecular weight is 633 g/mol. The monoisotopic (exact) mass is 632 g/mol. The quantitative estimate of drug-likeness (QED) is 0.138. The smallest absolute Gasteiger partial charge is 0.0773 e. The Morgan fingerprint density at radius 3 is 0.978 bits per heavy atom. The molecule has 1 atom stereocenters. The number of benzene rings is 3. The topological polar surface area (TPSA) is 0 Å². The molecule has 0 heterocycles. The van der Waals surface area contributed by atoms with Gasteiger partial charge in [0.05, 0.1) is 0 Å². The van der Waals surface area contributed by atoms with Gasteiger partial charge in [-0.25, -0.2) is 0 Å². The van der Waals surface area contributed by atoms with Crippen molar-refractivity contribution >= 4 is 23.6 Å². The van der Waals surface area contributed by atoms with E-state index in [0.717, 1.165) is 6.42 Å². The Kier molecular flexibility index (Phi) is 11.5. The van der Waals surface area contributed by atoms with Gasteiger partial charge < -0.3 is 0 Å². The molecule has 1 unspecified atom stereocenters.